The fraction of sp³-hybridized carbons (Fsp3) is 0.357. The van der Waals surface area contributed by atoms with Crippen LogP contribution >= 0.6 is 0 Å². The van der Waals surface area contributed by atoms with Crippen molar-refractivity contribution in [2.75, 3.05) is 19.8 Å². The molecule has 0 saturated carbocycles. The Bertz CT molecular complexity index is 1180. The van der Waals surface area contributed by atoms with E-state index in [1.807, 2.05) is 18.2 Å². The third-order valence-corrected chi connectivity index (χ3v) is 6.05. The number of halogens is 4. The lowest BCUT2D eigenvalue weighted by Crippen LogP contribution is -2.37. The Hall–Kier alpha value is -2.94. The van der Waals surface area contributed by atoms with E-state index in [2.05, 4.69) is 11.3 Å². The molecule has 3 aromatic rings. The van der Waals surface area contributed by atoms with E-state index in [9.17, 15) is 13.2 Å². The second kappa shape index (κ2) is 12.3. The van der Waals surface area contributed by atoms with Crippen molar-refractivity contribution >= 4 is 10.8 Å². The number of alkyl halides is 2. The van der Waals surface area contributed by atoms with E-state index in [0.29, 0.717) is 55.6 Å². The summed E-state index contributed by atoms with van der Waals surface area (Å²) in [6, 6.07) is 13.0. The normalized spacial score (nSPS) is 18.0. The quantitative estimate of drug-likeness (QED) is 0.224. The first kappa shape index (κ1) is 26.1. The van der Waals surface area contributed by atoms with Crippen LogP contribution in [0, 0.1) is 11.6 Å². The van der Waals surface area contributed by atoms with Crippen LogP contribution in [0.2, 0.25) is 0 Å². The Morgan fingerprint density at radius 3 is 2.42 bits per heavy atom. The monoisotopic (exact) mass is 504 g/mol. The van der Waals surface area contributed by atoms with Crippen LogP contribution in [0.4, 0.5) is 17.6 Å². The molecule has 0 bridgehead atoms. The Balaban J connectivity index is 1.33. The van der Waals surface area contributed by atoms with Crippen molar-refractivity contribution in [1.29, 1.82) is 0 Å². The zero-order chi connectivity index (χ0) is 25.5. The van der Waals surface area contributed by atoms with Crippen LogP contribution in [-0.2, 0) is 33.5 Å². The summed E-state index contributed by atoms with van der Waals surface area (Å²) in [5, 5.41) is 1.30. The van der Waals surface area contributed by atoms with E-state index in [0.717, 1.165) is 29.5 Å². The molecular weight excluding hydrogens is 476 g/mol. The number of aryl methyl sites for hydroxylation is 3. The lowest BCUT2D eigenvalue weighted by Gasteiger charge is -2.29. The van der Waals surface area contributed by atoms with Gasteiger partial charge in [-0.15, -0.1) is 6.58 Å². The van der Waals surface area contributed by atoms with Gasteiger partial charge in [-0.2, -0.15) is 8.78 Å². The van der Waals surface area contributed by atoms with Crippen LogP contribution in [0.3, 0.4) is 0 Å². The van der Waals surface area contributed by atoms with Gasteiger partial charge in [0.05, 0.1) is 19.8 Å². The number of hydrogen-bond acceptors (Lipinski definition) is 4. The van der Waals surface area contributed by atoms with E-state index >= 15 is 4.39 Å². The SMILES string of the molecule is C=CCOC1COC(CCc2ccc3c(F)c(CCc4ccc(OC(F)F)c(F)c4)ccc3c2)OC1. The van der Waals surface area contributed by atoms with Gasteiger partial charge in [-0.3, -0.25) is 0 Å². The van der Waals surface area contributed by atoms with Crippen molar-refractivity contribution in [1.82, 2.24) is 0 Å². The highest BCUT2D eigenvalue weighted by molar-refractivity contribution is 5.84. The summed E-state index contributed by atoms with van der Waals surface area (Å²) in [5.41, 5.74) is 2.11. The third-order valence-electron chi connectivity index (χ3n) is 6.05. The van der Waals surface area contributed by atoms with Crippen LogP contribution in [0.1, 0.15) is 23.1 Å². The van der Waals surface area contributed by atoms with Gasteiger partial charge in [-0.1, -0.05) is 42.5 Å². The summed E-state index contributed by atoms with van der Waals surface area (Å²) in [6.07, 6.45) is 3.39. The molecule has 1 aliphatic rings. The maximum Gasteiger partial charge on any atom is 0.387 e. The summed E-state index contributed by atoms with van der Waals surface area (Å²) in [7, 11) is 0. The molecular formula is C28H28F4O4. The Labute approximate surface area is 207 Å². The first-order chi connectivity index (χ1) is 17.4. The molecule has 0 aromatic heterocycles. The minimum Gasteiger partial charge on any atom is -0.432 e. The van der Waals surface area contributed by atoms with Gasteiger partial charge in [0.1, 0.15) is 11.9 Å². The Morgan fingerprint density at radius 1 is 0.944 bits per heavy atom. The molecule has 1 aliphatic heterocycles. The topological polar surface area (TPSA) is 36.9 Å². The molecule has 1 fully saturated rings. The molecule has 0 radical (unpaired) electrons. The fourth-order valence-electron chi connectivity index (χ4n) is 4.18. The molecule has 4 rings (SSSR count). The first-order valence-electron chi connectivity index (χ1n) is 11.8. The van der Waals surface area contributed by atoms with Gasteiger partial charge in [0, 0.05) is 11.8 Å². The van der Waals surface area contributed by atoms with Gasteiger partial charge in [0.2, 0.25) is 0 Å². The molecule has 0 N–H and O–H groups in total. The highest BCUT2D eigenvalue weighted by Gasteiger charge is 2.22. The minimum absolute atomic E-state index is 0.0880. The summed E-state index contributed by atoms with van der Waals surface area (Å²) in [6.45, 7) is 1.94. The second-order valence-corrected chi connectivity index (χ2v) is 8.62. The van der Waals surface area contributed by atoms with Crippen molar-refractivity contribution in [3.63, 3.8) is 0 Å². The van der Waals surface area contributed by atoms with Crippen molar-refractivity contribution < 1.29 is 36.5 Å². The van der Waals surface area contributed by atoms with Gasteiger partial charge < -0.3 is 18.9 Å². The van der Waals surface area contributed by atoms with Crippen LogP contribution in [0.15, 0.2) is 61.2 Å². The fourth-order valence-corrected chi connectivity index (χ4v) is 4.18. The number of hydrogen-bond donors (Lipinski definition) is 0. The molecule has 0 unspecified atom stereocenters. The Kier molecular flexibility index (Phi) is 8.96. The van der Waals surface area contributed by atoms with Crippen molar-refractivity contribution in [2.24, 2.45) is 0 Å². The number of rotatable bonds is 11. The maximum absolute atomic E-state index is 15.2. The van der Waals surface area contributed by atoms with Gasteiger partial charge >= 0.3 is 6.61 Å². The summed E-state index contributed by atoms with van der Waals surface area (Å²) in [5.74, 6) is -1.70. The van der Waals surface area contributed by atoms with Gasteiger partial charge in [0.25, 0.3) is 0 Å². The molecule has 192 valence electrons. The summed E-state index contributed by atoms with van der Waals surface area (Å²) in [4.78, 5) is 0. The number of ether oxygens (including phenoxy) is 4. The second-order valence-electron chi connectivity index (χ2n) is 8.62. The minimum atomic E-state index is -3.10. The van der Waals surface area contributed by atoms with Gasteiger partial charge in [-0.25, -0.2) is 8.78 Å². The molecule has 0 amide bonds. The smallest absolute Gasteiger partial charge is 0.387 e. The van der Waals surface area contributed by atoms with Crippen molar-refractivity contribution in [3.8, 4) is 5.75 Å². The van der Waals surface area contributed by atoms with Crippen molar-refractivity contribution in [2.45, 2.75) is 44.7 Å². The molecule has 0 atom stereocenters. The molecule has 4 nitrogen and oxygen atoms in total. The van der Waals surface area contributed by atoms with Crippen LogP contribution in [-0.4, -0.2) is 38.8 Å². The average Bonchev–Trinajstić information content (AvgIpc) is 2.87. The number of benzene rings is 3. The van der Waals surface area contributed by atoms with Crippen LogP contribution in [0.5, 0.6) is 5.75 Å². The molecule has 0 spiro atoms. The largest absolute Gasteiger partial charge is 0.432 e. The van der Waals surface area contributed by atoms with E-state index in [1.165, 1.54) is 6.07 Å². The lowest BCUT2D eigenvalue weighted by molar-refractivity contribution is -0.225. The van der Waals surface area contributed by atoms with E-state index in [1.54, 1.807) is 18.2 Å². The zero-order valence-corrected chi connectivity index (χ0v) is 19.7. The molecule has 36 heavy (non-hydrogen) atoms. The van der Waals surface area contributed by atoms with E-state index in [4.69, 9.17) is 14.2 Å². The lowest BCUT2D eigenvalue weighted by atomic mass is 9.98. The molecule has 8 heteroatoms. The van der Waals surface area contributed by atoms with Gasteiger partial charge in [0.15, 0.2) is 17.9 Å². The van der Waals surface area contributed by atoms with Crippen molar-refractivity contribution in [3.05, 3.63) is 89.5 Å². The highest BCUT2D eigenvalue weighted by atomic mass is 19.3. The van der Waals surface area contributed by atoms with E-state index < -0.39 is 18.2 Å². The van der Waals surface area contributed by atoms with Crippen LogP contribution in [0.25, 0.3) is 10.8 Å². The predicted octanol–water partition coefficient (Wildman–Crippen LogP) is 6.38. The molecule has 0 aliphatic carbocycles. The van der Waals surface area contributed by atoms with Gasteiger partial charge in [-0.05, 0) is 53.5 Å². The summed E-state index contributed by atoms with van der Waals surface area (Å²) >= 11 is 0. The standard InChI is InChI=1S/C28H28F4O4/c1-2-13-33-22-16-34-26(35-17-22)12-6-18-4-10-23-21(14-18)9-8-20(27(23)30)7-3-19-5-11-25(24(29)15-19)36-28(31)32/h2,4-5,8-11,14-15,22,26,28H,1,3,6-7,12-13,16-17H2. The number of fused-ring (bicyclic) bond motifs is 1. The zero-order valence-electron chi connectivity index (χ0n) is 19.7. The molecule has 1 saturated heterocycles. The average molecular weight is 505 g/mol. The van der Waals surface area contributed by atoms with E-state index in [-0.39, 0.29) is 18.2 Å². The molecule has 1 heterocycles. The Morgan fingerprint density at radius 2 is 1.69 bits per heavy atom. The first-order valence-corrected chi connectivity index (χ1v) is 11.8. The van der Waals surface area contributed by atoms with Crippen LogP contribution < -0.4 is 4.74 Å². The third kappa shape index (κ3) is 6.84. The maximum atomic E-state index is 15.2. The highest BCUT2D eigenvalue weighted by Crippen LogP contribution is 2.26. The molecule has 3 aromatic carbocycles. The summed E-state index contributed by atoms with van der Waals surface area (Å²) < 4.78 is 74.8. The predicted molar refractivity (Wildman–Crippen MR) is 128 cm³/mol.